The van der Waals surface area contributed by atoms with E-state index in [4.69, 9.17) is 4.74 Å². The summed E-state index contributed by atoms with van der Waals surface area (Å²) in [5, 5.41) is 10.1. The van der Waals surface area contributed by atoms with Gasteiger partial charge in [0.05, 0.1) is 13.7 Å². The highest BCUT2D eigenvalue weighted by atomic mass is 19.1. The molecule has 0 saturated carbocycles. The topological polar surface area (TPSA) is 58.5 Å². The van der Waals surface area contributed by atoms with E-state index in [1.807, 2.05) is 6.07 Å². The van der Waals surface area contributed by atoms with E-state index < -0.39 is 5.41 Å². The van der Waals surface area contributed by atoms with Gasteiger partial charge in [0.1, 0.15) is 5.82 Å². The Kier molecular flexibility index (Phi) is 4.94. The molecular weight excluding hydrogens is 309 g/mol. The third-order valence-electron chi connectivity index (χ3n) is 4.66. The molecule has 0 bridgehead atoms. The largest absolute Gasteiger partial charge is 0.478 e. The summed E-state index contributed by atoms with van der Waals surface area (Å²) in [5.74, 6) is 0.919. The molecule has 0 unspecified atom stereocenters. The molecule has 0 amide bonds. The lowest BCUT2D eigenvalue weighted by Crippen LogP contribution is -2.47. The molecule has 0 spiro atoms. The maximum atomic E-state index is 14.1. The third kappa shape index (κ3) is 3.33. The fourth-order valence-corrected chi connectivity index (χ4v) is 3.44. The highest BCUT2D eigenvalue weighted by molar-refractivity contribution is 5.48. The standard InChI is InChI=1S/C18H22FN3O2/c1-24-17-16(20-8-9-21-17)22-10-4-7-18(12-22,13-23)11-14-5-2-3-6-15(14)19/h2-3,5-6,8-9,23H,4,7,10-13H2,1H3/t18-/m1/s1. The van der Waals surface area contributed by atoms with Crippen LogP contribution in [0.2, 0.25) is 0 Å². The summed E-state index contributed by atoms with van der Waals surface area (Å²) < 4.78 is 19.4. The minimum Gasteiger partial charge on any atom is -0.478 e. The van der Waals surface area contributed by atoms with Crippen LogP contribution in [0.1, 0.15) is 18.4 Å². The summed E-state index contributed by atoms with van der Waals surface area (Å²) in [6.07, 6.45) is 5.45. The van der Waals surface area contributed by atoms with Crippen LogP contribution in [-0.2, 0) is 6.42 Å². The lowest BCUT2D eigenvalue weighted by molar-refractivity contribution is 0.104. The van der Waals surface area contributed by atoms with Gasteiger partial charge in [0.25, 0.3) is 5.88 Å². The number of aliphatic hydroxyl groups excluding tert-OH is 1. The van der Waals surface area contributed by atoms with Gasteiger partial charge in [-0.05, 0) is 30.9 Å². The number of hydrogen-bond acceptors (Lipinski definition) is 5. The molecule has 24 heavy (non-hydrogen) atoms. The van der Waals surface area contributed by atoms with Gasteiger partial charge in [-0.3, -0.25) is 0 Å². The Morgan fingerprint density at radius 1 is 1.29 bits per heavy atom. The Labute approximate surface area is 141 Å². The second-order valence-electron chi connectivity index (χ2n) is 6.34. The minimum absolute atomic E-state index is 0.000409. The Morgan fingerprint density at radius 3 is 2.83 bits per heavy atom. The van der Waals surface area contributed by atoms with Gasteiger partial charge in [-0.1, -0.05) is 18.2 Å². The van der Waals surface area contributed by atoms with E-state index in [1.165, 1.54) is 6.07 Å². The monoisotopic (exact) mass is 331 g/mol. The van der Waals surface area contributed by atoms with Crippen LogP contribution >= 0.6 is 0 Å². The van der Waals surface area contributed by atoms with Crippen molar-refractivity contribution >= 4 is 5.82 Å². The number of anilines is 1. The first kappa shape index (κ1) is 16.6. The lowest BCUT2D eigenvalue weighted by atomic mass is 9.75. The zero-order chi connectivity index (χ0) is 17.0. The van der Waals surface area contributed by atoms with E-state index in [2.05, 4.69) is 14.9 Å². The summed E-state index contributed by atoms with van der Waals surface area (Å²) in [5.41, 5.74) is 0.239. The van der Waals surface area contributed by atoms with Crippen LogP contribution in [0, 0.1) is 11.2 Å². The smallest absolute Gasteiger partial charge is 0.257 e. The Bertz CT molecular complexity index is 697. The van der Waals surface area contributed by atoms with E-state index >= 15 is 0 Å². The molecule has 6 heteroatoms. The number of rotatable bonds is 5. The zero-order valence-electron chi connectivity index (χ0n) is 13.8. The van der Waals surface area contributed by atoms with Gasteiger partial charge in [-0.15, -0.1) is 0 Å². The normalized spacial score (nSPS) is 20.9. The van der Waals surface area contributed by atoms with E-state index in [0.29, 0.717) is 30.2 Å². The predicted octanol–water partition coefficient (Wildman–Crippen LogP) is 2.45. The lowest BCUT2D eigenvalue weighted by Gasteiger charge is -2.42. The van der Waals surface area contributed by atoms with Gasteiger partial charge in [0.2, 0.25) is 0 Å². The van der Waals surface area contributed by atoms with Gasteiger partial charge in [-0.2, -0.15) is 0 Å². The molecule has 1 N–H and O–H groups in total. The molecule has 1 aliphatic rings. The molecule has 2 aromatic rings. The van der Waals surface area contributed by atoms with Gasteiger partial charge in [0, 0.05) is 30.9 Å². The number of piperidine rings is 1. The number of aromatic nitrogens is 2. The summed E-state index contributed by atoms with van der Waals surface area (Å²) in [7, 11) is 1.57. The second-order valence-corrected chi connectivity index (χ2v) is 6.34. The average molecular weight is 331 g/mol. The molecule has 1 fully saturated rings. The number of ether oxygens (including phenoxy) is 1. The van der Waals surface area contributed by atoms with Crippen molar-refractivity contribution in [1.82, 2.24) is 9.97 Å². The van der Waals surface area contributed by atoms with E-state index in [9.17, 15) is 9.50 Å². The van der Waals surface area contributed by atoms with Gasteiger partial charge in [-0.25, -0.2) is 14.4 Å². The predicted molar refractivity (Wildman–Crippen MR) is 89.7 cm³/mol. The van der Waals surface area contributed by atoms with Crippen LogP contribution in [0.25, 0.3) is 0 Å². The van der Waals surface area contributed by atoms with Crippen LogP contribution < -0.4 is 9.64 Å². The number of nitrogens with zero attached hydrogens (tertiary/aromatic N) is 3. The van der Waals surface area contributed by atoms with Crippen molar-refractivity contribution in [2.24, 2.45) is 5.41 Å². The average Bonchev–Trinajstić information content (AvgIpc) is 2.64. The molecular formula is C18H22FN3O2. The van der Waals surface area contributed by atoms with Crippen molar-refractivity contribution in [3.05, 3.63) is 48.0 Å². The second kappa shape index (κ2) is 7.13. The number of halogens is 1. The van der Waals surface area contributed by atoms with Crippen molar-refractivity contribution in [3.63, 3.8) is 0 Å². The van der Waals surface area contributed by atoms with Gasteiger partial charge in [0.15, 0.2) is 5.82 Å². The van der Waals surface area contributed by atoms with E-state index in [0.717, 1.165) is 19.4 Å². The molecule has 128 valence electrons. The highest BCUT2D eigenvalue weighted by Crippen LogP contribution is 2.37. The van der Waals surface area contributed by atoms with Crippen LogP contribution in [0.5, 0.6) is 5.88 Å². The Hall–Kier alpha value is -2.21. The van der Waals surface area contributed by atoms with Crippen molar-refractivity contribution in [1.29, 1.82) is 0 Å². The number of methoxy groups -OCH3 is 1. The number of aliphatic hydroxyl groups is 1. The Morgan fingerprint density at radius 2 is 2.08 bits per heavy atom. The quantitative estimate of drug-likeness (QED) is 0.912. The highest BCUT2D eigenvalue weighted by Gasteiger charge is 2.37. The first-order chi connectivity index (χ1) is 11.7. The van der Waals surface area contributed by atoms with Gasteiger partial charge >= 0.3 is 0 Å². The molecule has 0 radical (unpaired) electrons. The fourth-order valence-electron chi connectivity index (χ4n) is 3.44. The van der Waals surface area contributed by atoms with Crippen molar-refractivity contribution in [2.75, 3.05) is 31.7 Å². The van der Waals surface area contributed by atoms with Crippen molar-refractivity contribution in [3.8, 4) is 5.88 Å². The molecule has 3 rings (SSSR count). The molecule has 1 atom stereocenters. The molecule has 2 heterocycles. The Balaban J connectivity index is 1.85. The molecule has 1 aromatic heterocycles. The summed E-state index contributed by atoms with van der Waals surface area (Å²) >= 11 is 0. The fraction of sp³-hybridized carbons (Fsp3) is 0.444. The number of hydrogen-bond donors (Lipinski definition) is 1. The minimum atomic E-state index is -0.400. The molecule has 1 aliphatic heterocycles. The molecule has 0 aliphatic carbocycles. The zero-order valence-corrected chi connectivity index (χ0v) is 13.8. The van der Waals surface area contributed by atoms with Crippen molar-refractivity contribution < 1.29 is 14.2 Å². The molecule has 1 aromatic carbocycles. The summed E-state index contributed by atoms with van der Waals surface area (Å²) in [4.78, 5) is 10.7. The first-order valence-electron chi connectivity index (χ1n) is 8.12. The van der Waals surface area contributed by atoms with E-state index in [1.54, 1.807) is 31.6 Å². The van der Waals surface area contributed by atoms with Crippen LogP contribution in [0.3, 0.4) is 0 Å². The summed E-state index contributed by atoms with van der Waals surface area (Å²) in [6, 6.07) is 6.76. The number of benzene rings is 1. The third-order valence-corrected chi connectivity index (χ3v) is 4.66. The first-order valence-corrected chi connectivity index (χ1v) is 8.12. The van der Waals surface area contributed by atoms with E-state index in [-0.39, 0.29) is 12.4 Å². The van der Waals surface area contributed by atoms with Crippen LogP contribution in [0.15, 0.2) is 36.7 Å². The van der Waals surface area contributed by atoms with Gasteiger partial charge < -0.3 is 14.7 Å². The van der Waals surface area contributed by atoms with Crippen molar-refractivity contribution in [2.45, 2.75) is 19.3 Å². The summed E-state index contributed by atoms with van der Waals surface area (Å²) in [6.45, 7) is 1.40. The van der Waals surface area contributed by atoms with Crippen LogP contribution in [-0.4, -0.2) is 41.9 Å². The molecule has 5 nitrogen and oxygen atoms in total. The maximum Gasteiger partial charge on any atom is 0.257 e. The van der Waals surface area contributed by atoms with Crippen LogP contribution in [0.4, 0.5) is 10.2 Å². The SMILES string of the molecule is COc1nccnc1N1CCC[C@@](CO)(Cc2ccccc2F)C1. The maximum absolute atomic E-state index is 14.1. The molecule has 1 saturated heterocycles.